The van der Waals surface area contributed by atoms with Crippen molar-refractivity contribution >= 4 is 40.0 Å². The molecule has 0 radical (unpaired) electrons. The summed E-state index contributed by atoms with van der Waals surface area (Å²) in [6.45, 7) is 0.484. The molecular weight excluding hydrogens is 390 g/mol. The molecule has 2 heterocycles. The molecule has 28 heavy (non-hydrogen) atoms. The summed E-state index contributed by atoms with van der Waals surface area (Å²) in [5.74, 6) is -0.0108. The van der Waals surface area contributed by atoms with E-state index in [1.807, 2.05) is 83.8 Å². The van der Waals surface area contributed by atoms with E-state index in [1.54, 1.807) is 0 Å². The van der Waals surface area contributed by atoms with Crippen molar-refractivity contribution in [3.8, 4) is 0 Å². The maximum absolute atomic E-state index is 13.6. The normalized spacial score (nSPS) is 20.2. The van der Waals surface area contributed by atoms with E-state index in [-0.39, 0.29) is 5.91 Å². The second-order valence-corrected chi connectivity index (χ2v) is 8.35. The number of carbonyl (C=O) groups excluding carboxylic acids is 1. The highest BCUT2D eigenvalue weighted by molar-refractivity contribution is 8.16. The summed E-state index contributed by atoms with van der Waals surface area (Å²) < 4.78 is 0. The van der Waals surface area contributed by atoms with Crippen molar-refractivity contribution in [3.05, 3.63) is 101 Å². The first-order valence-corrected chi connectivity index (χ1v) is 10.1. The maximum Gasteiger partial charge on any atom is 0.270 e. The minimum Gasteiger partial charge on any atom is -0.304 e. The number of nitrogens with one attached hydrogen (secondary N) is 1. The lowest BCUT2D eigenvalue weighted by Crippen LogP contribution is -2.44. The summed E-state index contributed by atoms with van der Waals surface area (Å²) in [6.07, 6.45) is 0. The van der Waals surface area contributed by atoms with Gasteiger partial charge in [-0.15, -0.1) is 0 Å². The van der Waals surface area contributed by atoms with Crippen LogP contribution >= 0.6 is 23.4 Å². The van der Waals surface area contributed by atoms with E-state index >= 15 is 0 Å². The average Bonchev–Trinajstić information content (AvgIpc) is 3.28. The van der Waals surface area contributed by atoms with Gasteiger partial charge in [0.05, 0.1) is 12.2 Å². The fraction of sp³-hybridized carbons (Fsp3) is 0.0909. The molecule has 5 rings (SSSR count). The first-order valence-electron chi connectivity index (χ1n) is 8.92. The van der Waals surface area contributed by atoms with Crippen LogP contribution in [0.5, 0.6) is 0 Å². The summed E-state index contributed by atoms with van der Waals surface area (Å²) in [7, 11) is 0. The van der Waals surface area contributed by atoms with E-state index in [2.05, 4.69) is 10.5 Å². The summed E-state index contributed by atoms with van der Waals surface area (Å²) >= 11 is 7.47. The Balaban J connectivity index is 1.51. The van der Waals surface area contributed by atoms with Gasteiger partial charge in [0.1, 0.15) is 5.04 Å². The van der Waals surface area contributed by atoms with Crippen LogP contribution in [-0.4, -0.2) is 11.0 Å². The molecule has 138 valence electrons. The minimum absolute atomic E-state index is 0.0108. The van der Waals surface area contributed by atoms with Crippen LogP contribution in [0.15, 0.2) is 84.0 Å². The van der Waals surface area contributed by atoms with E-state index in [0.29, 0.717) is 11.6 Å². The summed E-state index contributed by atoms with van der Waals surface area (Å²) in [4.78, 5) is 14.5. The van der Waals surface area contributed by atoms with Crippen molar-refractivity contribution in [1.82, 2.24) is 5.43 Å². The molecule has 0 bridgehead atoms. The van der Waals surface area contributed by atoms with E-state index in [1.165, 1.54) is 11.8 Å². The molecule has 1 unspecified atom stereocenters. The lowest BCUT2D eigenvalue weighted by Gasteiger charge is -2.23. The van der Waals surface area contributed by atoms with Gasteiger partial charge in [0.15, 0.2) is 0 Å². The van der Waals surface area contributed by atoms with Crippen molar-refractivity contribution in [2.75, 3.05) is 4.90 Å². The van der Waals surface area contributed by atoms with Crippen molar-refractivity contribution in [2.24, 2.45) is 5.10 Å². The van der Waals surface area contributed by atoms with Gasteiger partial charge in [-0.05, 0) is 23.8 Å². The topological polar surface area (TPSA) is 44.7 Å². The molecule has 0 saturated carbocycles. The maximum atomic E-state index is 13.6. The Kier molecular flexibility index (Phi) is 4.14. The number of halogens is 1. The van der Waals surface area contributed by atoms with E-state index in [4.69, 9.17) is 11.6 Å². The van der Waals surface area contributed by atoms with Crippen LogP contribution in [0.3, 0.4) is 0 Å². The van der Waals surface area contributed by atoms with Crippen LogP contribution in [0.1, 0.15) is 16.7 Å². The minimum atomic E-state index is -0.922. The van der Waals surface area contributed by atoms with Crippen LogP contribution in [-0.2, 0) is 16.2 Å². The van der Waals surface area contributed by atoms with Gasteiger partial charge in [-0.25, -0.2) is 0 Å². The van der Waals surface area contributed by atoms with Crippen molar-refractivity contribution in [3.63, 3.8) is 0 Å². The number of nitrogens with zero attached hydrogens (tertiary/aromatic N) is 2. The second kappa shape index (κ2) is 6.69. The molecular formula is C22H16ClN3OS. The quantitative estimate of drug-likeness (QED) is 0.684. The zero-order valence-electron chi connectivity index (χ0n) is 14.8. The number of benzene rings is 3. The molecule has 0 saturated heterocycles. The van der Waals surface area contributed by atoms with Crippen molar-refractivity contribution < 1.29 is 4.79 Å². The molecule has 0 aromatic heterocycles. The Labute approximate surface area is 172 Å². The number of amides is 1. The van der Waals surface area contributed by atoms with Gasteiger partial charge in [0.25, 0.3) is 5.91 Å². The number of hydrazone groups is 1. The van der Waals surface area contributed by atoms with Gasteiger partial charge >= 0.3 is 0 Å². The Morgan fingerprint density at radius 1 is 0.964 bits per heavy atom. The Hall–Kier alpha value is -2.76. The largest absolute Gasteiger partial charge is 0.304 e. The number of anilines is 1. The van der Waals surface area contributed by atoms with Gasteiger partial charge in [-0.3, -0.25) is 10.2 Å². The third-order valence-corrected chi connectivity index (χ3v) is 6.52. The monoisotopic (exact) mass is 405 g/mol. The predicted molar refractivity (Wildman–Crippen MR) is 114 cm³/mol. The van der Waals surface area contributed by atoms with Crippen molar-refractivity contribution in [1.29, 1.82) is 0 Å². The lowest BCUT2D eigenvalue weighted by atomic mass is 10.1. The Morgan fingerprint density at radius 3 is 2.46 bits per heavy atom. The first kappa shape index (κ1) is 17.3. The zero-order chi connectivity index (χ0) is 19.1. The molecule has 1 amide bonds. The van der Waals surface area contributed by atoms with Gasteiger partial charge in [0, 0.05) is 16.1 Å². The number of fused-ring (bicyclic) bond motifs is 2. The lowest BCUT2D eigenvalue weighted by molar-refractivity contribution is -0.121. The van der Waals surface area contributed by atoms with Crippen LogP contribution < -0.4 is 10.3 Å². The van der Waals surface area contributed by atoms with E-state index in [0.717, 1.165) is 27.4 Å². The number of rotatable bonds is 3. The summed E-state index contributed by atoms with van der Waals surface area (Å²) in [5, 5.41) is 6.01. The molecule has 2 aliphatic rings. The molecule has 2 aliphatic heterocycles. The highest BCUT2D eigenvalue weighted by Crippen LogP contribution is 2.50. The highest BCUT2D eigenvalue weighted by Gasteiger charge is 2.55. The molecule has 1 atom stereocenters. The number of carbonyl (C=O) groups is 1. The van der Waals surface area contributed by atoms with Gasteiger partial charge in [0.2, 0.25) is 4.87 Å². The average molecular weight is 406 g/mol. The Morgan fingerprint density at radius 2 is 1.68 bits per heavy atom. The fourth-order valence-corrected chi connectivity index (χ4v) is 4.91. The molecule has 0 aliphatic carbocycles. The van der Waals surface area contributed by atoms with Crippen LogP contribution in [0.25, 0.3) is 0 Å². The summed E-state index contributed by atoms with van der Waals surface area (Å²) in [5.41, 5.74) is 7.02. The number of hydrogen-bond donors (Lipinski definition) is 1. The molecule has 4 nitrogen and oxygen atoms in total. The highest BCUT2D eigenvalue weighted by atomic mass is 35.5. The zero-order valence-corrected chi connectivity index (χ0v) is 16.4. The first-order chi connectivity index (χ1) is 13.7. The van der Waals surface area contributed by atoms with Crippen molar-refractivity contribution in [2.45, 2.75) is 11.4 Å². The van der Waals surface area contributed by atoms with Gasteiger partial charge in [-0.2, -0.15) is 5.10 Å². The molecule has 3 aromatic carbocycles. The van der Waals surface area contributed by atoms with Gasteiger partial charge < -0.3 is 4.90 Å². The van der Waals surface area contributed by atoms with Crippen LogP contribution in [0, 0.1) is 0 Å². The molecule has 1 spiro atoms. The number of hydrogen-bond acceptors (Lipinski definition) is 4. The van der Waals surface area contributed by atoms with E-state index in [9.17, 15) is 4.79 Å². The van der Waals surface area contributed by atoms with E-state index < -0.39 is 4.87 Å². The fourth-order valence-electron chi connectivity index (χ4n) is 3.58. The molecule has 0 fully saturated rings. The molecule has 1 N–H and O–H groups in total. The smallest absolute Gasteiger partial charge is 0.270 e. The molecule has 6 heteroatoms. The SMILES string of the molecule is O=C1N(Cc2ccc(Cl)cc2)c2ccccc2C12NN=C(c1ccccc1)S2. The standard InChI is InChI=1S/C22H16ClN3OS/c23-17-12-10-15(11-13-17)14-26-19-9-5-4-8-18(19)22(21(26)27)25-24-20(28-22)16-6-2-1-3-7-16/h1-13,25H,14H2. The summed E-state index contributed by atoms with van der Waals surface area (Å²) in [6, 6.07) is 25.4. The third-order valence-electron chi connectivity index (χ3n) is 4.96. The third kappa shape index (κ3) is 2.70. The number of para-hydroxylation sites is 1. The molecule has 3 aromatic rings. The second-order valence-electron chi connectivity index (χ2n) is 6.71. The number of thioether (sulfide) groups is 1. The Bertz CT molecular complexity index is 1080. The predicted octanol–water partition coefficient (Wildman–Crippen LogP) is 4.74. The van der Waals surface area contributed by atoms with Crippen LogP contribution in [0.4, 0.5) is 5.69 Å². The van der Waals surface area contributed by atoms with Crippen LogP contribution in [0.2, 0.25) is 5.02 Å². The van der Waals surface area contributed by atoms with Gasteiger partial charge in [-0.1, -0.05) is 84.0 Å².